The molecule has 0 aliphatic carbocycles. The maximum atomic E-state index is 12.9. The number of amidine groups is 1. The fourth-order valence-electron chi connectivity index (χ4n) is 2.61. The van der Waals surface area contributed by atoms with Crippen LogP contribution in [0.2, 0.25) is 0 Å². The number of carbonyl (C=O) groups excluding carboxylic acids is 1. The molecule has 3 rings (SSSR count). The quantitative estimate of drug-likeness (QED) is 0.594. The van der Waals surface area contributed by atoms with Crippen LogP contribution in [0.1, 0.15) is 15.9 Å². The van der Waals surface area contributed by atoms with Crippen LogP contribution in [0.15, 0.2) is 53.5 Å². The first-order chi connectivity index (χ1) is 12.6. The molecule has 0 bridgehead atoms. The molecule has 7 nitrogen and oxygen atoms in total. The number of thioether (sulfide) groups is 1. The fraction of sp³-hybridized carbons (Fsp3) is 0.222. The first kappa shape index (κ1) is 17.9. The summed E-state index contributed by atoms with van der Waals surface area (Å²) < 4.78 is 5.27. The van der Waals surface area contributed by atoms with Gasteiger partial charge < -0.3 is 4.74 Å². The third kappa shape index (κ3) is 3.85. The van der Waals surface area contributed by atoms with Gasteiger partial charge in [0.2, 0.25) is 0 Å². The van der Waals surface area contributed by atoms with Crippen molar-refractivity contribution in [3.05, 3.63) is 69.8 Å². The molecule has 0 atom stereocenters. The maximum Gasteiger partial charge on any atom is 0.269 e. The lowest BCUT2D eigenvalue weighted by Crippen LogP contribution is -2.33. The van der Waals surface area contributed by atoms with E-state index in [2.05, 4.69) is 4.99 Å². The van der Waals surface area contributed by atoms with Gasteiger partial charge in [-0.2, -0.15) is 0 Å². The molecular weight excluding hydrogens is 354 g/mol. The van der Waals surface area contributed by atoms with Gasteiger partial charge in [0.15, 0.2) is 5.17 Å². The van der Waals surface area contributed by atoms with E-state index in [-0.39, 0.29) is 11.6 Å². The molecule has 0 unspecified atom stereocenters. The van der Waals surface area contributed by atoms with Crippen molar-refractivity contribution in [2.24, 2.45) is 4.99 Å². The van der Waals surface area contributed by atoms with Crippen molar-refractivity contribution in [3.8, 4) is 5.75 Å². The molecule has 2 aromatic carbocycles. The van der Waals surface area contributed by atoms with Crippen molar-refractivity contribution in [1.82, 2.24) is 4.90 Å². The zero-order valence-electron chi connectivity index (χ0n) is 14.1. The lowest BCUT2D eigenvalue weighted by atomic mass is 10.2. The Hall–Kier alpha value is -2.87. The van der Waals surface area contributed by atoms with Gasteiger partial charge in [-0.15, -0.1) is 0 Å². The van der Waals surface area contributed by atoms with Crippen molar-refractivity contribution >= 4 is 28.5 Å². The number of hydrogen-bond donors (Lipinski definition) is 0. The van der Waals surface area contributed by atoms with E-state index in [1.807, 2.05) is 12.1 Å². The number of carbonyl (C=O) groups is 1. The number of methoxy groups -OCH3 is 1. The number of rotatable bonds is 5. The lowest BCUT2D eigenvalue weighted by molar-refractivity contribution is -0.384. The fourth-order valence-corrected chi connectivity index (χ4v) is 3.60. The van der Waals surface area contributed by atoms with E-state index < -0.39 is 4.92 Å². The molecule has 1 aliphatic rings. The molecule has 1 aliphatic heterocycles. The smallest absolute Gasteiger partial charge is 0.269 e. The van der Waals surface area contributed by atoms with Gasteiger partial charge in [-0.05, 0) is 17.7 Å². The van der Waals surface area contributed by atoms with Crippen molar-refractivity contribution in [3.63, 3.8) is 0 Å². The Morgan fingerprint density at radius 3 is 2.88 bits per heavy atom. The highest BCUT2D eigenvalue weighted by Crippen LogP contribution is 2.26. The van der Waals surface area contributed by atoms with E-state index >= 15 is 0 Å². The lowest BCUT2D eigenvalue weighted by Gasteiger charge is -2.19. The van der Waals surface area contributed by atoms with Gasteiger partial charge in [0.1, 0.15) is 5.75 Å². The van der Waals surface area contributed by atoms with Gasteiger partial charge in [0.25, 0.3) is 11.6 Å². The number of benzene rings is 2. The Balaban J connectivity index is 1.71. The molecule has 8 heteroatoms. The van der Waals surface area contributed by atoms with Gasteiger partial charge in [0, 0.05) is 24.4 Å². The summed E-state index contributed by atoms with van der Waals surface area (Å²) in [5.41, 5.74) is 1.35. The van der Waals surface area contributed by atoms with Crippen LogP contribution in [0.5, 0.6) is 5.75 Å². The summed E-state index contributed by atoms with van der Waals surface area (Å²) in [5, 5.41) is 11.5. The van der Waals surface area contributed by atoms with E-state index in [0.29, 0.717) is 35.3 Å². The van der Waals surface area contributed by atoms with Crippen LogP contribution in [-0.2, 0) is 5.75 Å². The third-order valence-corrected chi connectivity index (χ3v) is 4.96. The zero-order chi connectivity index (χ0) is 18.5. The minimum absolute atomic E-state index is 0.0541. The molecule has 1 amide bonds. The van der Waals surface area contributed by atoms with Crippen LogP contribution in [0.3, 0.4) is 0 Å². The van der Waals surface area contributed by atoms with Gasteiger partial charge >= 0.3 is 0 Å². The first-order valence-electron chi connectivity index (χ1n) is 7.95. The number of para-hydroxylation sites is 1. The number of non-ortho nitro benzene ring substituents is 1. The minimum atomic E-state index is -0.418. The average Bonchev–Trinajstić information content (AvgIpc) is 3.14. The number of ether oxygens (including phenoxy) is 1. The van der Waals surface area contributed by atoms with Crippen molar-refractivity contribution in [1.29, 1.82) is 0 Å². The Morgan fingerprint density at radius 1 is 1.31 bits per heavy atom. The summed E-state index contributed by atoms with van der Waals surface area (Å²) >= 11 is 1.39. The largest absolute Gasteiger partial charge is 0.496 e. The van der Waals surface area contributed by atoms with E-state index in [4.69, 9.17) is 4.74 Å². The normalized spacial score (nSPS) is 13.4. The van der Waals surface area contributed by atoms with Crippen molar-refractivity contribution < 1.29 is 14.5 Å². The number of nitro benzene ring substituents is 1. The van der Waals surface area contributed by atoms with Crippen molar-refractivity contribution in [2.45, 2.75) is 5.75 Å². The Bertz CT molecular complexity index is 869. The second-order valence-corrected chi connectivity index (χ2v) is 6.48. The highest BCUT2D eigenvalue weighted by Gasteiger charge is 2.27. The second kappa shape index (κ2) is 8.01. The van der Waals surface area contributed by atoms with Gasteiger partial charge in [-0.3, -0.25) is 24.8 Å². The van der Waals surface area contributed by atoms with E-state index in [1.165, 1.54) is 31.0 Å². The maximum absolute atomic E-state index is 12.9. The molecular formula is C18H17N3O4S. The van der Waals surface area contributed by atoms with Crippen molar-refractivity contribution in [2.75, 3.05) is 20.2 Å². The number of amides is 1. The summed E-state index contributed by atoms with van der Waals surface area (Å²) in [5.74, 6) is 0.855. The van der Waals surface area contributed by atoms with E-state index in [9.17, 15) is 14.9 Å². The first-order valence-corrected chi connectivity index (χ1v) is 8.94. The van der Waals surface area contributed by atoms with E-state index in [0.717, 1.165) is 5.56 Å². The minimum Gasteiger partial charge on any atom is -0.496 e. The highest BCUT2D eigenvalue weighted by molar-refractivity contribution is 8.13. The molecule has 1 heterocycles. The molecule has 2 aromatic rings. The van der Waals surface area contributed by atoms with Gasteiger partial charge in [-0.1, -0.05) is 36.0 Å². The van der Waals surface area contributed by atoms with Crippen LogP contribution >= 0.6 is 11.8 Å². The van der Waals surface area contributed by atoms with Crippen LogP contribution in [0.4, 0.5) is 5.69 Å². The topological polar surface area (TPSA) is 85.0 Å². The molecule has 0 saturated carbocycles. The number of nitro groups is 1. The second-order valence-electron chi connectivity index (χ2n) is 5.54. The van der Waals surface area contributed by atoms with Crippen LogP contribution in [0, 0.1) is 10.1 Å². The van der Waals surface area contributed by atoms with Gasteiger partial charge in [-0.25, -0.2) is 0 Å². The van der Waals surface area contributed by atoms with Crippen LogP contribution < -0.4 is 4.74 Å². The monoisotopic (exact) mass is 371 g/mol. The molecule has 0 N–H and O–H groups in total. The molecule has 26 heavy (non-hydrogen) atoms. The summed E-state index contributed by atoms with van der Waals surface area (Å²) in [6.45, 7) is 1.05. The highest BCUT2D eigenvalue weighted by atomic mass is 32.2. The predicted molar refractivity (Wildman–Crippen MR) is 101 cm³/mol. The molecule has 0 aromatic heterocycles. The zero-order valence-corrected chi connectivity index (χ0v) is 14.9. The average molecular weight is 371 g/mol. The molecule has 0 saturated heterocycles. The number of hydrogen-bond acceptors (Lipinski definition) is 6. The van der Waals surface area contributed by atoms with E-state index in [1.54, 1.807) is 29.2 Å². The van der Waals surface area contributed by atoms with Crippen LogP contribution in [-0.4, -0.2) is 41.1 Å². The standard InChI is InChI=1S/C18H17N3O4S/c1-25-16-8-3-2-7-15(16)17(22)20-10-9-19-18(20)26-12-13-5-4-6-14(11-13)21(23)24/h2-8,11H,9-10,12H2,1H3. The molecule has 0 fully saturated rings. The summed E-state index contributed by atoms with van der Waals surface area (Å²) in [7, 11) is 1.53. The van der Waals surface area contributed by atoms with Crippen LogP contribution in [0.25, 0.3) is 0 Å². The number of nitrogens with zero attached hydrogens (tertiary/aromatic N) is 3. The Labute approximate surface area is 154 Å². The Kier molecular flexibility index (Phi) is 5.52. The third-order valence-electron chi connectivity index (χ3n) is 3.87. The molecule has 134 valence electrons. The SMILES string of the molecule is COc1ccccc1C(=O)N1CCN=C1SCc1cccc([N+](=O)[O-])c1. The summed E-state index contributed by atoms with van der Waals surface area (Å²) in [6, 6.07) is 13.5. The molecule has 0 spiro atoms. The Morgan fingerprint density at radius 2 is 2.12 bits per heavy atom. The number of aliphatic imine (C=N–C) groups is 1. The molecule has 0 radical (unpaired) electrons. The van der Waals surface area contributed by atoms with Gasteiger partial charge in [0.05, 0.1) is 24.1 Å². The summed E-state index contributed by atoms with van der Waals surface area (Å²) in [4.78, 5) is 29.3. The summed E-state index contributed by atoms with van der Waals surface area (Å²) in [6.07, 6.45) is 0. The predicted octanol–water partition coefficient (Wildman–Crippen LogP) is 3.35.